The Morgan fingerprint density at radius 3 is 3.10 bits per heavy atom. The normalized spacial score (nSPS) is 13.6. The van der Waals surface area contributed by atoms with Crippen LogP contribution in [0.1, 0.15) is 17.0 Å². The van der Waals surface area contributed by atoms with Crippen LogP contribution in [0.4, 0.5) is 5.69 Å². The number of hydrogen-bond donors (Lipinski definition) is 1. The summed E-state index contributed by atoms with van der Waals surface area (Å²) in [6.07, 6.45) is 1.51. The Morgan fingerprint density at radius 2 is 2.29 bits per heavy atom. The molecule has 2 N–H and O–H groups in total. The van der Waals surface area contributed by atoms with E-state index in [0.29, 0.717) is 29.1 Å². The van der Waals surface area contributed by atoms with E-state index in [1.54, 1.807) is 11.5 Å². The minimum Gasteiger partial charge on any atom is -0.467 e. The maximum Gasteiger partial charge on any atom is 0.268 e. The molecule has 1 aromatic heterocycles. The van der Waals surface area contributed by atoms with Crippen molar-refractivity contribution in [2.75, 3.05) is 12.5 Å². The van der Waals surface area contributed by atoms with Crippen molar-refractivity contribution >= 4 is 21.6 Å². The first-order valence-corrected chi connectivity index (χ1v) is 7.19. The molecule has 1 aliphatic rings. The van der Waals surface area contributed by atoms with Crippen LogP contribution in [0.3, 0.4) is 0 Å². The first kappa shape index (κ1) is 14.1. The highest BCUT2D eigenvalue weighted by atomic mass is 79.9. The van der Waals surface area contributed by atoms with Gasteiger partial charge in [0, 0.05) is 23.0 Å². The number of halogens is 1. The van der Waals surface area contributed by atoms with Gasteiger partial charge in [-0.3, -0.25) is 9.36 Å². The second-order valence-electron chi connectivity index (χ2n) is 4.82. The van der Waals surface area contributed by atoms with Gasteiger partial charge in [-0.15, -0.1) is 0 Å². The van der Waals surface area contributed by atoms with E-state index < -0.39 is 0 Å². The number of anilines is 1. The molecular formula is C14H14BrN3O3. The van der Waals surface area contributed by atoms with Gasteiger partial charge in [0.25, 0.3) is 5.56 Å². The molecule has 0 saturated heterocycles. The van der Waals surface area contributed by atoms with Gasteiger partial charge < -0.3 is 15.2 Å². The molecule has 0 aliphatic carbocycles. The van der Waals surface area contributed by atoms with Crippen LogP contribution in [-0.4, -0.2) is 16.3 Å². The smallest absolute Gasteiger partial charge is 0.268 e. The topological polar surface area (TPSA) is 79.4 Å². The number of aryl methyl sites for hydroxylation is 1. The first-order valence-electron chi connectivity index (χ1n) is 6.40. The summed E-state index contributed by atoms with van der Waals surface area (Å²) in [4.78, 5) is 16.4. The predicted molar refractivity (Wildman–Crippen MR) is 81.2 cm³/mol. The fourth-order valence-electron chi connectivity index (χ4n) is 2.35. The molecule has 2 heterocycles. The molecule has 7 heteroatoms. The fraction of sp³-hybridized carbons (Fsp3) is 0.286. The summed E-state index contributed by atoms with van der Waals surface area (Å²) in [5.41, 5.74) is 8.14. The summed E-state index contributed by atoms with van der Waals surface area (Å²) in [7, 11) is 0. The van der Waals surface area contributed by atoms with Crippen LogP contribution in [0.25, 0.3) is 0 Å². The maximum absolute atomic E-state index is 12.2. The van der Waals surface area contributed by atoms with Crippen LogP contribution in [0, 0.1) is 6.92 Å². The van der Waals surface area contributed by atoms with Crippen molar-refractivity contribution in [3.8, 4) is 5.75 Å². The molecule has 21 heavy (non-hydrogen) atoms. The summed E-state index contributed by atoms with van der Waals surface area (Å²) in [5.74, 6) is 1.37. The highest BCUT2D eigenvalue weighted by Gasteiger charge is 2.17. The van der Waals surface area contributed by atoms with Crippen molar-refractivity contribution in [1.29, 1.82) is 0 Å². The zero-order valence-electron chi connectivity index (χ0n) is 11.4. The highest BCUT2D eigenvalue weighted by Crippen LogP contribution is 2.31. The third kappa shape index (κ3) is 2.66. The number of benzene rings is 1. The lowest BCUT2D eigenvalue weighted by molar-refractivity contribution is -0.0170. The number of rotatable bonds is 2. The molecule has 3 rings (SSSR count). The van der Waals surface area contributed by atoms with Gasteiger partial charge in [0.15, 0.2) is 6.79 Å². The SMILES string of the molecule is Cc1ncc(Br)c(=O)n1Cc1cc(N)cc2c1OCOC2. The molecule has 2 aromatic rings. The van der Waals surface area contributed by atoms with Crippen molar-refractivity contribution in [3.63, 3.8) is 0 Å². The lowest BCUT2D eigenvalue weighted by Crippen LogP contribution is -2.25. The van der Waals surface area contributed by atoms with Gasteiger partial charge in [-0.25, -0.2) is 4.98 Å². The Morgan fingerprint density at radius 1 is 1.48 bits per heavy atom. The summed E-state index contributed by atoms with van der Waals surface area (Å²) >= 11 is 3.21. The molecule has 1 aromatic carbocycles. The van der Waals surface area contributed by atoms with Crippen LogP contribution in [0.5, 0.6) is 5.75 Å². The van der Waals surface area contributed by atoms with Gasteiger partial charge in [0.05, 0.1) is 13.2 Å². The molecule has 6 nitrogen and oxygen atoms in total. The van der Waals surface area contributed by atoms with Crippen LogP contribution >= 0.6 is 15.9 Å². The Hall–Kier alpha value is -1.86. The van der Waals surface area contributed by atoms with Crippen LogP contribution in [-0.2, 0) is 17.9 Å². The van der Waals surface area contributed by atoms with Crippen molar-refractivity contribution in [1.82, 2.24) is 9.55 Å². The van der Waals surface area contributed by atoms with E-state index in [1.165, 1.54) is 6.20 Å². The molecular weight excluding hydrogens is 338 g/mol. The second-order valence-corrected chi connectivity index (χ2v) is 5.68. The zero-order chi connectivity index (χ0) is 15.0. The van der Waals surface area contributed by atoms with Crippen LogP contribution < -0.4 is 16.0 Å². The number of nitrogens with zero attached hydrogens (tertiary/aromatic N) is 2. The Bertz CT molecular complexity index is 758. The summed E-state index contributed by atoms with van der Waals surface area (Å²) in [5, 5.41) is 0. The van der Waals surface area contributed by atoms with Gasteiger partial charge in [-0.1, -0.05) is 0 Å². The predicted octanol–water partition coefficient (Wildman–Crippen LogP) is 1.81. The molecule has 0 atom stereocenters. The highest BCUT2D eigenvalue weighted by molar-refractivity contribution is 9.10. The standard InChI is InChI=1S/C14H14BrN3O3/c1-8-17-4-12(15)14(19)18(8)5-9-2-11(16)3-10-6-20-7-21-13(9)10/h2-4H,5-7,16H2,1H3. The summed E-state index contributed by atoms with van der Waals surface area (Å²) in [6, 6.07) is 3.64. The van der Waals surface area contributed by atoms with E-state index in [2.05, 4.69) is 20.9 Å². The van der Waals surface area contributed by atoms with Crippen molar-refractivity contribution in [3.05, 3.63) is 50.1 Å². The average molecular weight is 352 g/mol. The quantitative estimate of drug-likeness (QED) is 0.834. The lowest BCUT2D eigenvalue weighted by atomic mass is 10.1. The maximum atomic E-state index is 12.2. The van der Waals surface area contributed by atoms with E-state index in [9.17, 15) is 4.79 Å². The van der Waals surface area contributed by atoms with E-state index >= 15 is 0 Å². The minimum absolute atomic E-state index is 0.134. The number of nitrogens with two attached hydrogens (primary N) is 1. The monoisotopic (exact) mass is 351 g/mol. The van der Waals surface area contributed by atoms with E-state index in [0.717, 1.165) is 16.9 Å². The van der Waals surface area contributed by atoms with E-state index in [-0.39, 0.29) is 12.4 Å². The molecule has 0 amide bonds. The van der Waals surface area contributed by atoms with E-state index in [1.807, 2.05) is 12.1 Å². The Balaban J connectivity index is 2.09. The number of hydrogen-bond acceptors (Lipinski definition) is 5. The van der Waals surface area contributed by atoms with Crippen LogP contribution in [0.2, 0.25) is 0 Å². The molecule has 0 fully saturated rings. The Labute approximate surface area is 129 Å². The lowest BCUT2D eigenvalue weighted by Gasteiger charge is -2.22. The van der Waals surface area contributed by atoms with Crippen molar-refractivity contribution < 1.29 is 9.47 Å². The minimum atomic E-state index is -0.134. The first-order chi connectivity index (χ1) is 10.1. The number of fused-ring (bicyclic) bond motifs is 1. The van der Waals surface area contributed by atoms with Gasteiger partial charge in [0.1, 0.15) is 16.0 Å². The van der Waals surface area contributed by atoms with Crippen molar-refractivity contribution in [2.45, 2.75) is 20.1 Å². The second kappa shape index (κ2) is 5.50. The van der Waals surface area contributed by atoms with Gasteiger partial charge in [0.2, 0.25) is 0 Å². The molecule has 0 bridgehead atoms. The summed E-state index contributed by atoms with van der Waals surface area (Å²) < 4.78 is 12.8. The fourth-order valence-corrected chi connectivity index (χ4v) is 2.67. The molecule has 0 unspecified atom stereocenters. The molecule has 0 radical (unpaired) electrons. The number of aromatic nitrogens is 2. The third-order valence-electron chi connectivity index (χ3n) is 3.34. The Kier molecular flexibility index (Phi) is 3.69. The molecule has 0 saturated carbocycles. The molecule has 0 spiro atoms. The van der Waals surface area contributed by atoms with Crippen LogP contribution in [0.15, 0.2) is 27.6 Å². The van der Waals surface area contributed by atoms with Gasteiger partial charge in [-0.2, -0.15) is 0 Å². The molecule has 1 aliphatic heterocycles. The zero-order valence-corrected chi connectivity index (χ0v) is 13.0. The van der Waals surface area contributed by atoms with E-state index in [4.69, 9.17) is 15.2 Å². The van der Waals surface area contributed by atoms with Gasteiger partial charge in [-0.05, 0) is 35.0 Å². The largest absolute Gasteiger partial charge is 0.467 e. The summed E-state index contributed by atoms with van der Waals surface area (Å²) in [6.45, 7) is 2.80. The molecule has 110 valence electrons. The van der Waals surface area contributed by atoms with Gasteiger partial charge >= 0.3 is 0 Å². The average Bonchev–Trinajstić information content (AvgIpc) is 2.47. The van der Waals surface area contributed by atoms with Crippen molar-refractivity contribution in [2.24, 2.45) is 0 Å². The number of ether oxygens (including phenoxy) is 2. The third-order valence-corrected chi connectivity index (χ3v) is 3.89. The number of nitrogen functional groups attached to an aromatic ring is 1.